The molecule has 158 valence electrons. The second kappa shape index (κ2) is 8.72. The fraction of sp³-hybridized carbons (Fsp3) is 0.542. The Labute approximate surface area is 178 Å². The number of amides is 1. The van der Waals surface area contributed by atoms with Crippen LogP contribution in [0, 0.1) is 0 Å². The monoisotopic (exact) mass is 405 g/mol. The van der Waals surface area contributed by atoms with E-state index in [9.17, 15) is 4.79 Å². The number of aryl methyl sites for hydroxylation is 2. The van der Waals surface area contributed by atoms with E-state index in [2.05, 4.69) is 44.4 Å². The number of anilines is 1. The Balaban J connectivity index is 1.36. The average Bonchev–Trinajstić information content (AvgIpc) is 3.34. The molecule has 2 saturated heterocycles. The first-order valence-electron chi connectivity index (χ1n) is 11.5. The minimum Gasteiger partial charge on any atom is -0.356 e. The van der Waals surface area contributed by atoms with Crippen molar-refractivity contribution >= 4 is 11.7 Å². The number of piperidine rings is 1. The molecule has 0 spiro atoms. The quantitative estimate of drug-likeness (QED) is 0.829. The highest BCUT2D eigenvalue weighted by molar-refractivity contribution is 5.96. The van der Waals surface area contributed by atoms with E-state index in [1.807, 2.05) is 6.07 Å². The highest BCUT2D eigenvalue weighted by Crippen LogP contribution is 2.29. The molecule has 1 aromatic heterocycles. The van der Waals surface area contributed by atoms with Crippen LogP contribution in [0.1, 0.15) is 53.1 Å². The minimum absolute atomic E-state index is 0.0483. The molecule has 0 aliphatic carbocycles. The van der Waals surface area contributed by atoms with Gasteiger partial charge < -0.3 is 15.1 Å². The molecule has 3 aliphatic heterocycles. The van der Waals surface area contributed by atoms with E-state index >= 15 is 0 Å². The molecular formula is C24H31N5O. The number of carbonyl (C=O) groups is 1. The Morgan fingerprint density at radius 2 is 1.73 bits per heavy atom. The lowest BCUT2D eigenvalue weighted by molar-refractivity contribution is 0.0940. The summed E-state index contributed by atoms with van der Waals surface area (Å²) < 4.78 is 0. The van der Waals surface area contributed by atoms with E-state index in [0.29, 0.717) is 18.3 Å². The summed E-state index contributed by atoms with van der Waals surface area (Å²) in [6.07, 6.45) is 7.52. The van der Waals surface area contributed by atoms with Crippen LogP contribution in [0.25, 0.3) is 0 Å². The lowest BCUT2D eigenvalue weighted by Gasteiger charge is -2.38. The van der Waals surface area contributed by atoms with Gasteiger partial charge in [-0.3, -0.25) is 4.79 Å². The molecule has 5 rings (SSSR count). The molecule has 0 unspecified atom stereocenters. The van der Waals surface area contributed by atoms with Crippen LogP contribution in [-0.2, 0) is 19.3 Å². The van der Waals surface area contributed by atoms with Gasteiger partial charge in [-0.05, 0) is 57.2 Å². The first kappa shape index (κ1) is 19.5. The van der Waals surface area contributed by atoms with Gasteiger partial charge in [0.2, 0.25) is 0 Å². The van der Waals surface area contributed by atoms with Crippen molar-refractivity contribution in [3.8, 4) is 0 Å². The number of hydrogen-bond donors (Lipinski definition) is 1. The lowest BCUT2D eigenvalue weighted by atomic mass is 10.0. The summed E-state index contributed by atoms with van der Waals surface area (Å²) >= 11 is 0. The maximum absolute atomic E-state index is 12.5. The van der Waals surface area contributed by atoms with Crippen molar-refractivity contribution < 1.29 is 4.79 Å². The van der Waals surface area contributed by atoms with E-state index in [-0.39, 0.29) is 5.91 Å². The summed E-state index contributed by atoms with van der Waals surface area (Å²) in [6.45, 7) is 5.24. The molecule has 1 amide bonds. The highest BCUT2D eigenvalue weighted by atomic mass is 16.1. The van der Waals surface area contributed by atoms with Crippen LogP contribution in [-0.4, -0.2) is 59.5 Å². The number of likely N-dealkylation sites (tertiary alicyclic amines) is 1. The first-order valence-corrected chi connectivity index (χ1v) is 11.5. The molecule has 0 saturated carbocycles. The third-order valence-electron chi connectivity index (χ3n) is 6.81. The van der Waals surface area contributed by atoms with Gasteiger partial charge in [0.25, 0.3) is 5.91 Å². The van der Waals surface area contributed by atoms with E-state index in [1.165, 1.54) is 44.3 Å². The van der Waals surface area contributed by atoms with Crippen LogP contribution in [0.15, 0.2) is 30.3 Å². The predicted molar refractivity (Wildman–Crippen MR) is 118 cm³/mol. The third-order valence-corrected chi connectivity index (χ3v) is 6.81. The third kappa shape index (κ3) is 4.06. The molecular weight excluding hydrogens is 374 g/mol. The van der Waals surface area contributed by atoms with Crippen LogP contribution >= 0.6 is 0 Å². The molecule has 6 nitrogen and oxygen atoms in total. The van der Waals surface area contributed by atoms with Crippen molar-refractivity contribution in [1.82, 2.24) is 20.2 Å². The highest BCUT2D eigenvalue weighted by Gasteiger charge is 2.30. The van der Waals surface area contributed by atoms with E-state index < -0.39 is 0 Å². The molecule has 0 atom stereocenters. The zero-order chi connectivity index (χ0) is 20.3. The minimum atomic E-state index is -0.0483. The number of carbonyl (C=O) groups excluding carboxylic acids is 1. The molecule has 1 aromatic carbocycles. The summed E-state index contributed by atoms with van der Waals surface area (Å²) in [6, 6.07) is 11.1. The predicted octanol–water partition coefficient (Wildman–Crippen LogP) is 2.61. The van der Waals surface area contributed by atoms with Gasteiger partial charge in [0, 0.05) is 37.7 Å². The number of hydrogen-bond acceptors (Lipinski definition) is 5. The summed E-state index contributed by atoms with van der Waals surface area (Å²) in [4.78, 5) is 27.3. The smallest absolute Gasteiger partial charge is 0.270 e. The molecule has 1 N–H and O–H groups in total. The van der Waals surface area contributed by atoms with Crippen LogP contribution in [0.4, 0.5) is 5.82 Å². The van der Waals surface area contributed by atoms with Gasteiger partial charge >= 0.3 is 0 Å². The van der Waals surface area contributed by atoms with Crippen molar-refractivity contribution in [2.75, 3.05) is 37.6 Å². The largest absolute Gasteiger partial charge is 0.356 e. The number of nitrogens with one attached hydrogen (secondary N) is 1. The molecule has 2 fully saturated rings. The summed E-state index contributed by atoms with van der Waals surface area (Å²) in [5.74, 6) is 1.75. The fourth-order valence-electron chi connectivity index (χ4n) is 5.14. The Hall–Kier alpha value is -2.47. The maximum atomic E-state index is 12.5. The normalized spacial score (nSPS) is 20.3. The number of nitrogens with zero attached hydrogens (tertiary/aromatic N) is 4. The lowest BCUT2D eigenvalue weighted by Crippen LogP contribution is -2.45. The zero-order valence-electron chi connectivity index (χ0n) is 17.6. The van der Waals surface area contributed by atoms with Crippen molar-refractivity contribution in [1.29, 1.82) is 0 Å². The van der Waals surface area contributed by atoms with Crippen LogP contribution in [0.3, 0.4) is 0 Å². The van der Waals surface area contributed by atoms with Gasteiger partial charge in [-0.1, -0.05) is 30.3 Å². The van der Waals surface area contributed by atoms with Gasteiger partial charge in [-0.15, -0.1) is 0 Å². The van der Waals surface area contributed by atoms with Crippen molar-refractivity contribution in [2.45, 2.75) is 51.0 Å². The van der Waals surface area contributed by atoms with Crippen molar-refractivity contribution in [3.05, 3.63) is 53.0 Å². The Morgan fingerprint density at radius 3 is 2.50 bits per heavy atom. The summed E-state index contributed by atoms with van der Waals surface area (Å²) in [5, 5.41) is 2.96. The molecule has 0 bridgehead atoms. The van der Waals surface area contributed by atoms with E-state index in [0.717, 1.165) is 49.6 Å². The van der Waals surface area contributed by atoms with Crippen LogP contribution < -0.4 is 10.2 Å². The van der Waals surface area contributed by atoms with Crippen LogP contribution in [0.5, 0.6) is 0 Å². The number of fused-ring (bicyclic) bond motifs is 1. The molecule has 0 radical (unpaired) electrons. The van der Waals surface area contributed by atoms with Gasteiger partial charge in [-0.25, -0.2) is 9.97 Å². The maximum Gasteiger partial charge on any atom is 0.270 e. The molecule has 2 aromatic rings. The second-order valence-corrected chi connectivity index (χ2v) is 8.74. The summed E-state index contributed by atoms with van der Waals surface area (Å²) in [7, 11) is 0. The Bertz CT molecular complexity index is 886. The number of aromatic nitrogens is 2. The average molecular weight is 406 g/mol. The SMILES string of the molecule is O=C1NCCc2c1nc(CCc1ccccc1)nc2N1CCC(N2CCCC2)CC1. The Morgan fingerprint density at radius 1 is 0.967 bits per heavy atom. The van der Waals surface area contributed by atoms with E-state index in [1.54, 1.807) is 0 Å². The van der Waals surface area contributed by atoms with Gasteiger partial charge in [0.1, 0.15) is 17.3 Å². The second-order valence-electron chi connectivity index (χ2n) is 8.74. The fourth-order valence-corrected chi connectivity index (χ4v) is 5.14. The number of benzene rings is 1. The van der Waals surface area contributed by atoms with Crippen molar-refractivity contribution in [2.24, 2.45) is 0 Å². The Kier molecular flexibility index (Phi) is 5.67. The summed E-state index contributed by atoms with van der Waals surface area (Å²) in [5.41, 5.74) is 2.91. The van der Waals surface area contributed by atoms with Crippen LogP contribution in [0.2, 0.25) is 0 Å². The zero-order valence-corrected chi connectivity index (χ0v) is 17.6. The number of rotatable bonds is 5. The topological polar surface area (TPSA) is 61.4 Å². The van der Waals surface area contributed by atoms with Gasteiger partial charge in [0.05, 0.1) is 0 Å². The standard InChI is InChI=1S/C24H31N5O/c30-24-22-20(10-13-25-24)23(27-21(26-22)9-8-18-6-2-1-3-7-18)29-16-11-19(12-17-29)28-14-4-5-15-28/h1-3,6-7,19H,4-5,8-17H2,(H,25,30). The first-order chi connectivity index (χ1) is 14.8. The molecule has 3 aliphatic rings. The van der Waals surface area contributed by atoms with Crippen molar-refractivity contribution in [3.63, 3.8) is 0 Å². The van der Waals surface area contributed by atoms with Gasteiger partial charge in [-0.2, -0.15) is 0 Å². The molecule has 30 heavy (non-hydrogen) atoms. The van der Waals surface area contributed by atoms with Gasteiger partial charge in [0.15, 0.2) is 0 Å². The van der Waals surface area contributed by atoms with E-state index in [4.69, 9.17) is 4.98 Å². The molecule has 6 heteroatoms. The molecule has 4 heterocycles.